The summed E-state index contributed by atoms with van der Waals surface area (Å²) in [5.74, 6) is 0. The van der Waals surface area contributed by atoms with Gasteiger partial charge in [-0.3, -0.25) is 0 Å². The monoisotopic (exact) mass is 534 g/mol. The smallest absolute Gasteiger partial charge is 0.143 e. The summed E-state index contributed by atoms with van der Waals surface area (Å²) in [6.45, 7) is 12.7. The lowest BCUT2D eigenvalue weighted by atomic mass is 10.1. The lowest BCUT2D eigenvalue weighted by Crippen LogP contribution is -2.44. The fraction of sp³-hybridized carbons (Fsp3) is 0.458. The van der Waals surface area contributed by atoms with Gasteiger partial charge in [0.15, 0.2) is 0 Å². The van der Waals surface area contributed by atoms with Crippen LogP contribution in [0.15, 0.2) is 41.0 Å². The van der Waals surface area contributed by atoms with E-state index in [9.17, 15) is 0 Å². The molecule has 0 saturated carbocycles. The lowest BCUT2D eigenvalue weighted by Gasteiger charge is -2.34. The van der Waals surface area contributed by atoms with Gasteiger partial charge in [-0.25, -0.2) is 4.98 Å². The molecule has 8 heteroatoms. The molecule has 3 heterocycles. The van der Waals surface area contributed by atoms with Gasteiger partial charge in [-0.1, -0.05) is 43.4 Å². The summed E-state index contributed by atoms with van der Waals surface area (Å²) in [7, 11) is 1.05. The molecule has 5 nitrogen and oxygen atoms in total. The molecule has 172 valence electrons. The van der Waals surface area contributed by atoms with Crippen molar-refractivity contribution in [2.24, 2.45) is 0 Å². The van der Waals surface area contributed by atoms with Crippen molar-refractivity contribution in [3.63, 3.8) is 0 Å². The van der Waals surface area contributed by atoms with Crippen LogP contribution in [0.25, 0.3) is 22.3 Å². The number of hydrogen-bond donors (Lipinski definition) is 0. The second-order valence-electron chi connectivity index (χ2n) is 9.80. The van der Waals surface area contributed by atoms with Crippen LogP contribution in [0, 0.1) is 0 Å². The molecule has 1 aliphatic heterocycles. The number of halogens is 2. The predicted molar refractivity (Wildman–Crippen MR) is 142 cm³/mol. The fourth-order valence-electron chi connectivity index (χ4n) is 3.95. The molecule has 0 spiro atoms. The molecule has 2 aromatic heterocycles. The van der Waals surface area contributed by atoms with Crippen LogP contribution in [0.3, 0.4) is 0 Å². The molecule has 4 rings (SSSR count). The van der Waals surface area contributed by atoms with Gasteiger partial charge in [0.1, 0.15) is 12.4 Å². The van der Waals surface area contributed by atoms with Gasteiger partial charge in [-0.2, -0.15) is 0 Å². The number of likely N-dealkylation sites (N-methyl/N-ethyl adjacent to an activating group) is 1. The van der Waals surface area contributed by atoms with Crippen molar-refractivity contribution in [1.29, 1.82) is 0 Å². The maximum absolute atomic E-state index is 6.34. The summed E-state index contributed by atoms with van der Waals surface area (Å²) in [5, 5.41) is 1.62. The minimum atomic E-state index is -1.14. The first kappa shape index (κ1) is 23.8. The van der Waals surface area contributed by atoms with Gasteiger partial charge in [-0.05, 0) is 52.8 Å². The highest BCUT2D eigenvalue weighted by molar-refractivity contribution is 9.10. The van der Waals surface area contributed by atoms with Crippen molar-refractivity contribution in [2.45, 2.75) is 32.4 Å². The molecule has 32 heavy (non-hydrogen) atoms. The Morgan fingerprint density at radius 1 is 1.09 bits per heavy atom. The van der Waals surface area contributed by atoms with E-state index < -0.39 is 8.07 Å². The summed E-state index contributed by atoms with van der Waals surface area (Å²) in [5.41, 5.74) is 4.40. The van der Waals surface area contributed by atoms with Crippen LogP contribution in [-0.2, 0) is 11.5 Å². The Balaban J connectivity index is 1.62. The third-order valence-corrected chi connectivity index (χ3v) is 9.14. The number of aromatic nitrogens is 2. The van der Waals surface area contributed by atoms with E-state index in [1.807, 2.05) is 0 Å². The molecule has 1 fully saturated rings. The van der Waals surface area contributed by atoms with Crippen LogP contribution in [0.2, 0.25) is 30.7 Å². The summed E-state index contributed by atoms with van der Waals surface area (Å²) >= 11 is 9.98. The topological polar surface area (TPSA) is 33.5 Å². The van der Waals surface area contributed by atoms with Crippen LogP contribution < -0.4 is 4.90 Å². The van der Waals surface area contributed by atoms with Gasteiger partial charge in [0.05, 0.1) is 10.7 Å². The number of rotatable bonds is 7. The normalized spacial score (nSPS) is 15.6. The van der Waals surface area contributed by atoms with E-state index in [2.05, 4.69) is 92.3 Å². The number of fused-ring (bicyclic) bond motifs is 1. The van der Waals surface area contributed by atoms with Crippen LogP contribution in [0.5, 0.6) is 0 Å². The number of anilines is 1. The quantitative estimate of drug-likeness (QED) is 0.267. The van der Waals surface area contributed by atoms with E-state index in [4.69, 9.17) is 16.3 Å². The van der Waals surface area contributed by atoms with E-state index in [-0.39, 0.29) is 0 Å². The number of hydrogen-bond acceptors (Lipinski definition) is 4. The fourth-order valence-corrected chi connectivity index (χ4v) is 5.26. The average Bonchev–Trinajstić information content (AvgIpc) is 3.13. The molecule has 0 bridgehead atoms. The molecule has 0 N–H and O–H groups in total. The first-order chi connectivity index (χ1) is 15.2. The Kier molecular flexibility index (Phi) is 7.32. The van der Waals surface area contributed by atoms with Crippen LogP contribution in [-0.4, -0.2) is 62.4 Å². The maximum atomic E-state index is 6.34. The van der Waals surface area contributed by atoms with Gasteiger partial charge in [-0.15, -0.1) is 0 Å². The maximum Gasteiger partial charge on any atom is 0.143 e. The third kappa shape index (κ3) is 5.39. The highest BCUT2D eigenvalue weighted by atomic mass is 79.9. The molecule has 1 saturated heterocycles. The highest BCUT2D eigenvalue weighted by Gasteiger charge is 2.18. The van der Waals surface area contributed by atoms with E-state index in [0.29, 0.717) is 11.8 Å². The lowest BCUT2D eigenvalue weighted by molar-refractivity contribution is 0.0909. The zero-order valence-corrected chi connectivity index (χ0v) is 22.7. The minimum absolute atomic E-state index is 0.477. The van der Waals surface area contributed by atoms with Crippen molar-refractivity contribution < 1.29 is 4.74 Å². The SMILES string of the molecule is CN1CCN(c2ccc(-c3cc4c(Br)c(Cl)cnc4n3COCC[Si](C)(C)C)cc2)CC1. The average molecular weight is 536 g/mol. The molecule has 3 aromatic rings. The second-order valence-corrected chi connectivity index (χ2v) is 16.6. The number of pyridine rings is 1. The molecular weight excluding hydrogens is 504 g/mol. The van der Waals surface area contributed by atoms with Gasteiger partial charge in [0.2, 0.25) is 0 Å². The van der Waals surface area contributed by atoms with E-state index >= 15 is 0 Å². The molecule has 1 aliphatic rings. The Bertz CT molecular complexity index is 1070. The van der Waals surface area contributed by atoms with E-state index in [0.717, 1.165) is 65.6 Å². The first-order valence-electron chi connectivity index (χ1n) is 11.2. The van der Waals surface area contributed by atoms with Gasteiger partial charge in [0, 0.05) is 62.6 Å². The number of benzene rings is 1. The molecule has 0 aliphatic carbocycles. The van der Waals surface area contributed by atoms with Crippen LogP contribution in [0.1, 0.15) is 0 Å². The summed E-state index contributed by atoms with van der Waals surface area (Å²) in [4.78, 5) is 9.46. The molecular formula is C24H32BrClN4OSi. The minimum Gasteiger partial charge on any atom is -0.369 e. The van der Waals surface area contributed by atoms with Crippen molar-refractivity contribution in [2.75, 3.05) is 44.7 Å². The summed E-state index contributed by atoms with van der Waals surface area (Å²) in [6, 6.07) is 12.2. The van der Waals surface area contributed by atoms with Crippen molar-refractivity contribution in [3.8, 4) is 11.3 Å². The molecule has 0 amide bonds. The molecule has 0 unspecified atom stereocenters. The summed E-state index contributed by atoms with van der Waals surface area (Å²) in [6.07, 6.45) is 1.70. The Hall–Kier alpha value is -1.38. The highest BCUT2D eigenvalue weighted by Crippen LogP contribution is 2.35. The number of piperazine rings is 1. The van der Waals surface area contributed by atoms with Crippen molar-refractivity contribution >= 4 is 52.3 Å². The van der Waals surface area contributed by atoms with Crippen LogP contribution in [0.4, 0.5) is 5.69 Å². The largest absolute Gasteiger partial charge is 0.369 e. The Morgan fingerprint density at radius 3 is 2.44 bits per heavy atom. The Morgan fingerprint density at radius 2 is 1.78 bits per heavy atom. The summed E-state index contributed by atoms with van der Waals surface area (Å²) < 4.78 is 9.15. The molecule has 0 atom stereocenters. The van der Waals surface area contributed by atoms with Gasteiger partial charge < -0.3 is 19.1 Å². The van der Waals surface area contributed by atoms with E-state index in [1.54, 1.807) is 6.20 Å². The van der Waals surface area contributed by atoms with Gasteiger partial charge >= 0.3 is 0 Å². The van der Waals surface area contributed by atoms with Crippen molar-refractivity contribution in [1.82, 2.24) is 14.5 Å². The zero-order valence-electron chi connectivity index (χ0n) is 19.4. The predicted octanol–water partition coefficient (Wildman–Crippen LogP) is 6.18. The van der Waals surface area contributed by atoms with E-state index in [1.165, 1.54) is 5.69 Å². The molecule has 0 radical (unpaired) electrons. The zero-order chi connectivity index (χ0) is 22.9. The first-order valence-corrected chi connectivity index (χ1v) is 16.1. The van der Waals surface area contributed by atoms with Crippen LogP contribution >= 0.6 is 27.5 Å². The Labute approximate surface area is 205 Å². The standard InChI is InChI=1S/C24H32BrClN4OSi/c1-28-9-11-29(12-10-28)19-7-5-18(6-8-19)22-15-20-23(25)21(26)16-27-24(20)30(22)17-31-13-14-32(2,3)4/h5-8,15-16H,9-14,17H2,1-4H3. The number of ether oxygens (including phenoxy) is 1. The third-order valence-electron chi connectivity index (χ3n) is 6.06. The second kappa shape index (κ2) is 9.85. The molecule has 1 aromatic carbocycles. The van der Waals surface area contributed by atoms with Crippen molar-refractivity contribution in [3.05, 3.63) is 46.0 Å². The van der Waals surface area contributed by atoms with Gasteiger partial charge in [0.25, 0.3) is 0 Å². The number of nitrogens with zero attached hydrogens (tertiary/aromatic N) is 4.